The van der Waals surface area contributed by atoms with Crippen molar-refractivity contribution in [2.24, 2.45) is 0 Å². The third-order valence-electron chi connectivity index (χ3n) is 6.39. The second kappa shape index (κ2) is 10.6. The molecule has 0 aliphatic carbocycles. The van der Waals surface area contributed by atoms with E-state index in [0.29, 0.717) is 16.5 Å². The van der Waals surface area contributed by atoms with Crippen LogP contribution in [0.3, 0.4) is 0 Å². The van der Waals surface area contributed by atoms with Gasteiger partial charge >= 0.3 is 0 Å². The SMILES string of the molecule is Cc1ccc(S(=O)(=O)N(Cc2cn(Cc3cc(F)ccc3F)nn2)Cc2cn(S(C)(=O)=O)c3ccccc23)cc1. The van der Waals surface area contributed by atoms with Crippen molar-refractivity contribution in [3.63, 3.8) is 0 Å². The maximum absolute atomic E-state index is 14.1. The molecule has 0 atom stereocenters. The molecule has 0 aliphatic rings. The maximum atomic E-state index is 14.1. The average molecular weight is 586 g/mol. The summed E-state index contributed by atoms with van der Waals surface area (Å²) in [5, 5.41) is 8.62. The molecule has 5 rings (SSSR count). The van der Waals surface area contributed by atoms with E-state index < -0.39 is 31.7 Å². The highest BCUT2D eigenvalue weighted by Crippen LogP contribution is 2.27. The van der Waals surface area contributed by atoms with Crippen LogP contribution in [-0.4, -0.2) is 46.4 Å². The van der Waals surface area contributed by atoms with Crippen LogP contribution in [0.15, 0.2) is 84.0 Å². The normalized spacial score (nSPS) is 12.4. The van der Waals surface area contributed by atoms with Gasteiger partial charge in [0.15, 0.2) is 0 Å². The number of benzene rings is 3. The Labute approximate surface area is 230 Å². The van der Waals surface area contributed by atoms with Crippen LogP contribution in [-0.2, 0) is 39.7 Å². The van der Waals surface area contributed by atoms with Crippen molar-refractivity contribution in [2.75, 3.05) is 6.26 Å². The summed E-state index contributed by atoms with van der Waals surface area (Å²) in [5.41, 5.74) is 2.12. The lowest BCUT2D eigenvalue weighted by Crippen LogP contribution is -2.30. The van der Waals surface area contributed by atoms with Crippen LogP contribution in [0.2, 0.25) is 0 Å². The summed E-state index contributed by atoms with van der Waals surface area (Å²) in [6, 6.07) is 16.3. The zero-order valence-corrected chi connectivity index (χ0v) is 23.2. The first-order valence-corrected chi connectivity index (χ1v) is 15.4. The topological polar surface area (TPSA) is 107 Å². The number of sulfonamides is 1. The van der Waals surface area contributed by atoms with Gasteiger partial charge in [-0.2, -0.15) is 4.31 Å². The Morgan fingerprint density at radius 3 is 2.33 bits per heavy atom. The van der Waals surface area contributed by atoms with Gasteiger partial charge in [-0.1, -0.05) is 41.1 Å². The molecular formula is C27H25F2N5O4S2. The van der Waals surface area contributed by atoms with E-state index in [-0.39, 0.29) is 35.8 Å². The molecule has 9 nitrogen and oxygen atoms in total. The molecule has 13 heteroatoms. The van der Waals surface area contributed by atoms with Crippen molar-refractivity contribution >= 4 is 30.9 Å². The van der Waals surface area contributed by atoms with Crippen LogP contribution in [0.4, 0.5) is 8.78 Å². The van der Waals surface area contributed by atoms with Crippen molar-refractivity contribution in [1.29, 1.82) is 0 Å². The van der Waals surface area contributed by atoms with Crippen LogP contribution >= 0.6 is 0 Å². The summed E-state index contributed by atoms with van der Waals surface area (Å²) in [7, 11) is -7.75. The summed E-state index contributed by atoms with van der Waals surface area (Å²) in [5.74, 6) is -1.20. The van der Waals surface area contributed by atoms with Gasteiger partial charge < -0.3 is 0 Å². The maximum Gasteiger partial charge on any atom is 0.243 e. The van der Waals surface area contributed by atoms with Crippen molar-refractivity contribution in [3.8, 4) is 0 Å². The highest BCUT2D eigenvalue weighted by atomic mass is 32.2. The lowest BCUT2D eigenvalue weighted by molar-refractivity contribution is 0.397. The van der Waals surface area contributed by atoms with Gasteiger partial charge in [-0.25, -0.2) is 34.3 Å². The molecule has 0 fully saturated rings. The molecule has 3 aromatic carbocycles. The Balaban J connectivity index is 1.52. The first-order chi connectivity index (χ1) is 18.9. The predicted octanol–water partition coefficient (Wildman–Crippen LogP) is 4.07. The number of aromatic nitrogens is 4. The van der Waals surface area contributed by atoms with Gasteiger partial charge in [0.1, 0.15) is 11.6 Å². The van der Waals surface area contributed by atoms with Crippen LogP contribution in [0.5, 0.6) is 0 Å². The molecule has 2 aromatic heterocycles. The number of hydrogen-bond acceptors (Lipinski definition) is 6. The molecule has 0 aliphatic heterocycles. The van der Waals surface area contributed by atoms with Crippen molar-refractivity contribution in [2.45, 2.75) is 31.5 Å². The highest BCUT2D eigenvalue weighted by Gasteiger charge is 2.28. The van der Waals surface area contributed by atoms with Crippen molar-refractivity contribution < 1.29 is 25.6 Å². The van der Waals surface area contributed by atoms with E-state index in [4.69, 9.17) is 0 Å². The Morgan fingerprint density at radius 2 is 1.60 bits per heavy atom. The number of aryl methyl sites for hydroxylation is 1. The molecular weight excluding hydrogens is 560 g/mol. The predicted molar refractivity (Wildman–Crippen MR) is 145 cm³/mol. The Kier molecular flexibility index (Phi) is 7.29. The molecule has 0 saturated heterocycles. The van der Waals surface area contributed by atoms with E-state index in [9.17, 15) is 25.6 Å². The first kappa shape index (κ1) is 27.6. The minimum Gasteiger partial charge on any atom is -0.248 e. The molecule has 0 unspecified atom stereocenters. The number of para-hydroxylation sites is 1. The Morgan fingerprint density at radius 1 is 0.875 bits per heavy atom. The lowest BCUT2D eigenvalue weighted by atomic mass is 10.2. The van der Waals surface area contributed by atoms with E-state index in [1.807, 2.05) is 6.92 Å². The number of rotatable bonds is 9. The molecule has 0 N–H and O–H groups in total. The first-order valence-electron chi connectivity index (χ1n) is 12.1. The summed E-state index contributed by atoms with van der Waals surface area (Å²) in [4.78, 5) is 0.0548. The molecule has 40 heavy (non-hydrogen) atoms. The fourth-order valence-corrected chi connectivity index (χ4v) is 6.63. The third-order valence-corrected chi connectivity index (χ3v) is 9.21. The fourth-order valence-electron chi connectivity index (χ4n) is 4.40. The molecule has 0 radical (unpaired) electrons. The standard InChI is InChI=1S/C27H25F2N5O4S2/c1-19-7-10-24(11-8-19)40(37,38)33(15-21-16-34(39(2,35)36)27-6-4-3-5-25(21)27)18-23-17-32(31-30-23)14-20-13-22(28)9-12-26(20)29/h3-13,16-17H,14-15,18H2,1-2H3. The fraction of sp³-hybridized carbons (Fsp3) is 0.185. The number of halogens is 2. The van der Waals surface area contributed by atoms with Gasteiger partial charge in [-0.3, -0.25) is 0 Å². The monoisotopic (exact) mass is 585 g/mol. The summed E-state index contributed by atoms with van der Waals surface area (Å²) in [6.07, 6.45) is 3.95. The Bertz CT molecular complexity index is 1920. The van der Waals surface area contributed by atoms with Crippen molar-refractivity contribution in [1.82, 2.24) is 23.3 Å². The highest BCUT2D eigenvalue weighted by molar-refractivity contribution is 7.89. The number of nitrogens with zero attached hydrogens (tertiary/aromatic N) is 5. The van der Waals surface area contributed by atoms with Gasteiger partial charge in [0, 0.05) is 23.7 Å². The van der Waals surface area contributed by atoms with Crippen LogP contribution in [0.25, 0.3) is 10.9 Å². The summed E-state index contributed by atoms with van der Waals surface area (Å²) >= 11 is 0. The molecule has 0 amide bonds. The molecule has 208 valence electrons. The molecule has 2 heterocycles. The van der Waals surface area contributed by atoms with E-state index >= 15 is 0 Å². The minimum atomic E-state index is -4.08. The van der Waals surface area contributed by atoms with E-state index in [0.717, 1.165) is 34.0 Å². The van der Waals surface area contributed by atoms with Gasteiger partial charge in [0.25, 0.3) is 0 Å². The van der Waals surface area contributed by atoms with Gasteiger partial charge in [-0.05, 0) is 48.9 Å². The number of hydrogen-bond donors (Lipinski definition) is 0. The lowest BCUT2D eigenvalue weighted by Gasteiger charge is -2.21. The van der Waals surface area contributed by atoms with E-state index in [1.54, 1.807) is 36.4 Å². The molecule has 0 bridgehead atoms. The second-order valence-corrected chi connectivity index (χ2v) is 13.3. The zero-order valence-electron chi connectivity index (χ0n) is 21.6. The molecule has 5 aromatic rings. The molecule has 0 spiro atoms. The summed E-state index contributed by atoms with van der Waals surface area (Å²) in [6.45, 7) is 1.36. The largest absolute Gasteiger partial charge is 0.248 e. The second-order valence-electron chi connectivity index (χ2n) is 9.46. The summed E-state index contributed by atoms with van der Waals surface area (Å²) < 4.78 is 83.9. The van der Waals surface area contributed by atoms with E-state index in [1.165, 1.54) is 33.5 Å². The number of fused-ring (bicyclic) bond motifs is 1. The van der Waals surface area contributed by atoms with E-state index in [2.05, 4.69) is 10.3 Å². The van der Waals surface area contributed by atoms with Crippen LogP contribution in [0, 0.1) is 18.6 Å². The Hall–Kier alpha value is -3.94. The quantitative estimate of drug-likeness (QED) is 0.258. The van der Waals surface area contributed by atoms with Gasteiger partial charge in [0.2, 0.25) is 20.0 Å². The van der Waals surface area contributed by atoms with Crippen molar-refractivity contribution in [3.05, 3.63) is 113 Å². The van der Waals surface area contributed by atoms with Crippen LogP contribution in [0.1, 0.15) is 22.4 Å². The van der Waals surface area contributed by atoms with Gasteiger partial charge in [-0.15, -0.1) is 5.10 Å². The van der Waals surface area contributed by atoms with Gasteiger partial charge in [0.05, 0.1) is 41.6 Å². The minimum absolute atomic E-state index is 0.0548. The third kappa shape index (κ3) is 5.67. The average Bonchev–Trinajstić information content (AvgIpc) is 3.50. The zero-order chi connectivity index (χ0) is 28.7. The smallest absolute Gasteiger partial charge is 0.243 e. The van der Waals surface area contributed by atoms with Crippen LogP contribution < -0.4 is 0 Å². The molecule has 0 saturated carbocycles.